The molecule has 0 aliphatic heterocycles. The fourth-order valence-electron chi connectivity index (χ4n) is 1.34. The highest BCUT2D eigenvalue weighted by atomic mass is 19.4. The van der Waals surface area contributed by atoms with Crippen molar-refractivity contribution in [1.82, 2.24) is 10.1 Å². The number of hydrogen-bond donors (Lipinski definition) is 1. The maximum absolute atomic E-state index is 13.4. The number of halogens is 4. The second-order valence-electron chi connectivity index (χ2n) is 3.45. The molecule has 0 saturated heterocycles. The van der Waals surface area contributed by atoms with Gasteiger partial charge in [0, 0.05) is 5.56 Å². The summed E-state index contributed by atoms with van der Waals surface area (Å²) in [6.45, 7) is 0. The van der Waals surface area contributed by atoms with E-state index in [-0.39, 0.29) is 5.56 Å². The standard InChI is InChI=1S/C10H7F4N3O/c11-6-4-2-1-3-5(6)7(15)8-16-9(18-17-8)10(12,13)14/h1-4,7H,15H2. The third-order valence-electron chi connectivity index (χ3n) is 2.20. The minimum Gasteiger partial charge on any atom is -0.329 e. The van der Waals surface area contributed by atoms with Crippen LogP contribution in [0.1, 0.15) is 23.3 Å². The fraction of sp³-hybridized carbons (Fsp3) is 0.200. The summed E-state index contributed by atoms with van der Waals surface area (Å²) in [5.74, 6) is -2.58. The molecule has 18 heavy (non-hydrogen) atoms. The number of aromatic nitrogens is 2. The maximum atomic E-state index is 13.4. The molecule has 96 valence electrons. The van der Waals surface area contributed by atoms with Gasteiger partial charge in [0.2, 0.25) is 0 Å². The van der Waals surface area contributed by atoms with Crippen LogP contribution in [-0.4, -0.2) is 10.1 Å². The molecule has 4 nitrogen and oxygen atoms in total. The molecule has 1 aromatic carbocycles. The predicted molar refractivity (Wildman–Crippen MR) is 51.7 cm³/mol. The molecule has 2 aromatic rings. The normalized spacial score (nSPS) is 13.6. The van der Waals surface area contributed by atoms with Crippen LogP contribution in [0.4, 0.5) is 17.6 Å². The molecule has 1 heterocycles. The third kappa shape index (κ3) is 2.33. The Hall–Kier alpha value is -1.96. The van der Waals surface area contributed by atoms with Gasteiger partial charge in [-0.15, -0.1) is 0 Å². The average Bonchev–Trinajstić information content (AvgIpc) is 2.77. The highest BCUT2D eigenvalue weighted by molar-refractivity contribution is 5.25. The topological polar surface area (TPSA) is 64.9 Å². The number of nitrogens with zero attached hydrogens (tertiary/aromatic N) is 2. The molecular formula is C10H7F4N3O. The minimum absolute atomic E-state index is 0.00738. The van der Waals surface area contributed by atoms with Crippen molar-refractivity contribution in [3.63, 3.8) is 0 Å². The van der Waals surface area contributed by atoms with Crippen molar-refractivity contribution < 1.29 is 22.1 Å². The van der Waals surface area contributed by atoms with Gasteiger partial charge in [0.1, 0.15) is 5.82 Å². The second kappa shape index (κ2) is 4.37. The SMILES string of the molecule is NC(c1noc(C(F)(F)F)n1)c1ccccc1F. The summed E-state index contributed by atoms with van der Waals surface area (Å²) in [4.78, 5) is 3.10. The Morgan fingerprint density at radius 3 is 2.44 bits per heavy atom. The smallest absolute Gasteiger partial charge is 0.329 e. The minimum atomic E-state index is -4.75. The number of nitrogens with two attached hydrogens (primary N) is 1. The maximum Gasteiger partial charge on any atom is 0.471 e. The van der Waals surface area contributed by atoms with Gasteiger partial charge >= 0.3 is 12.1 Å². The molecule has 0 spiro atoms. The van der Waals surface area contributed by atoms with Crippen molar-refractivity contribution in [2.45, 2.75) is 12.2 Å². The van der Waals surface area contributed by atoms with E-state index in [4.69, 9.17) is 5.73 Å². The van der Waals surface area contributed by atoms with Gasteiger partial charge in [-0.25, -0.2) is 4.39 Å². The van der Waals surface area contributed by atoms with E-state index < -0.39 is 29.8 Å². The summed E-state index contributed by atoms with van der Waals surface area (Å²) in [7, 11) is 0. The molecule has 0 aliphatic rings. The molecule has 1 aromatic heterocycles. The van der Waals surface area contributed by atoms with E-state index in [0.29, 0.717) is 0 Å². The number of benzene rings is 1. The van der Waals surface area contributed by atoms with E-state index in [1.165, 1.54) is 18.2 Å². The van der Waals surface area contributed by atoms with E-state index in [1.54, 1.807) is 0 Å². The summed E-state index contributed by atoms with van der Waals surface area (Å²) < 4.78 is 54.1. The quantitative estimate of drug-likeness (QED) is 0.842. The summed E-state index contributed by atoms with van der Waals surface area (Å²) in [5.41, 5.74) is 5.57. The monoisotopic (exact) mass is 261 g/mol. The second-order valence-corrected chi connectivity index (χ2v) is 3.45. The van der Waals surface area contributed by atoms with Gasteiger partial charge in [0.15, 0.2) is 5.82 Å². The Labute approximate surface area is 98.4 Å². The average molecular weight is 261 g/mol. The van der Waals surface area contributed by atoms with Crippen molar-refractivity contribution in [2.24, 2.45) is 5.73 Å². The van der Waals surface area contributed by atoms with E-state index in [2.05, 4.69) is 14.7 Å². The molecule has 2 rings (SSSR count). The molecule has 1 unspecified atom stereocenters. The van der Waals surface area contributed by atoms with E-state index in [0.717, 1.165) is 6.07 Å². The fourth-order valence-corrected chi connectivity index (χ4v) is 1.34. The Kier molecular flexibility index (Phi) is 3.04. The molecule has 8 heteroatoms. The lowest BCUT2D eigenvalue weighted by Gasteiger charge is -2.07. The van der Waals surface area contributed by atoms with Gasteiger partial charge in [0.05, 0.1) is 6.04 Å². The zero-order valence-electron chi connectivity index (χ0n) is 8.78. The molecule has 2 N–H and O–H groups in total. The summed E-state index contributed by atoms with van der Waals surface area (Å²) >= 11 is 0. The lowest BCUT2D eigenvalue weighted by Crippen LogP contribution is -2.15. The van der Waals surface area contributed by atoms with Crippen molar-refractivity contribution >= 4 is 0 Å². The van der Waals surface area contributed by atoms with Crippen LogP contribution in [0.2, 0.25) is 0 Å². The molecule has 0 aliphatic carbocycles. The third-order valence-corrected chi connectivity index (χ3v) is 2.20. The lowest BCUT2D eigenvalue weighted by atomic mass is 10.1. The van der Waals surface area contributed by atoms with Gasteiger partial charge < -0.3 is 10.3 Å². The van der Waals surface area contributed by atoms with Gasteiger partial charge in [-0.1, -0.05) is 23.4 Å². The van der Waals surface area contributed by atoms with E-state index in [1.807, 2.05) is 0 Å². The van der Waals surface area contributed by atoms with Crippen LogP contribution in [0.3, 0.4) is 0 Å². The number of alkyl halides is 3. The Morgan fingerprint density at radius 2 is 1.89 bits per heavy atom. The molecular weight excluding hydrogens is 254 g/mol. The van der Waals surface area contributed by atoms with Crippen LogP contribution in [-0.2, 0) is 6.18 Å². The molecule has 0 amide bonds. The molecule has 0 radical (unpaired) electrons. The van der Waals surface area contributed by atoms with Crippen molar-refractivity contribution in [3.8, 4) is 0 Å². The van der Waals surface area contributed by atoms with Crippen LogP contribution in [0.15, 0.2) is 28.8 Å². The van der Waals surface area contributed by atoms with E-state index in [9.17, 15) is 17.6 Å². The van der Waals surface area contributed by atoms with E-state index >= 15 is 0 Å². The molecule has 0 fully saturated rings. The molecule has 0 bridgehead atoms. The molecule has 1 atom stereocenters. The summed E-state index contributed by atoms with van der Waals surface area (Å²) in [6.07, 6.45) is -4.75. The first-order valence-electron chi connectivity index (χ1n) is 4.80. The van der Waals surface area contributed by atoms with Crippen LogP contribution < -0.4 is 5.73 Å². The Balaban J connectivity index is 2.33. The number of rotatable bonds is 2. The zero-order chi connectivity index (χ0) is 13.3. The predicted octanol–water partition coefficient (Wildman–Crippen LogP) is 2.28. The van der Waals surface area contributed by atoms with Gasteiger partial charge in [-0.05, 0) is 6.07 Å². The highest BCUT2D eigenvalue weighted by Crippen LogP contribution is 2.29. The van der Waals surface area contributed by atoms with Gasteiger partial charge in [-0.2, -0.15) is 18.2 Å². The summed E-state index contributed by atoms with van der Waals surface area (Å²) in [6, 6.07) is 4.20. The first kappa shape index (κ1) is 12.5. The number of hydrogen-bond acceptors (Lipinski definition) is 4. The van der Waals surface area contributed by atoms with Crippen LogP contribution >= 0.6 is 0 Å². The van der Waals surface area contributed by atoms with Crippen LogP contribution in [0.5, 0.6) is 0 Å². The summed E-state index contributed by atoms with van der Waals surface area (Å²) in [5, 5.41) is 3.10. The van der Waals surface area contributed by atoms with Crippen LogP contribution in [0.25, 0.3) is 0 Å². The first-order valence-corrected chi connectivity index (χ1v) is 4.80. The highest BCUT2D eigenvalue weighted by Gasteiger charge is 2.39. The lowest BCUT2D eigenvalue weighted by molar-refractivity contribution is -0.159. The van der Waals surface area contributed by atoms with Crippen LogP contribution in [0, 0.1) is 5.82 Å². The van der Waals surface area contributed by atoms with Crippen molar-refractivity contribution in [3.05, 3.63) is 47.4 Å². The van der Waals surface area contributed by atoms with Crippen molar-refractivity contribution in [2.75, 3.05) is 0 Å². The first-order chi connectivity index (χ1) is 8.39. The Morgan fingerprint density at radius 1 is 1.22 bits per heavy atom. The zero-order valence-corrected chi connectivity index (χ0v) is 8.78. The largest absolute Gasteiger partial charge is 0.471 e. The Bertz CT molecular complexity index is 552. The molecule has 0 saturated carbocycles. The van der Waals surface area contributed by atoms with Crippen molar-refractivity contribution in [1.29, 1.82) is 0 Å². The van der Waals surface area contributed by atoms with Gasteiger partial charge in [0.25, 0.3) is 0 Å². The van der Waals surface area contributed by atoms with Gasteiger partial charge in [-0.3, -0.25) is 0 Å².